The Kier molecular flexibility index (Phi) is 11.2. The first-order valence-electron chi connectivity index (χ1n) is 16.5. The highest BCUT2D eigenvalue weighted by Crippen LogP contribution is 2.42. The SMILES string of the molecule is CCCCCCCC(=O)OCN1C(=O)CC(C)(C)c2ccc(OCCCCN3CCN(c4cccc5sccc45)CC3)cc21. The molecule has 5 rings (SSSR count). The summed E-state index contributed by atoms with van der Waals surface area (Å²) in [4.78, 5) is 32.2. The van der Waals surface area contributed by atoms with Crippen molar-refractivity contribution in [2.24, 2.45) is 0 Å². The van der Waals surface area contributed by atoms with Crippen molar-refractivity contribution in [3.8, 4) is 5.75 Å². The number of piperazine rings is 1. The number of hydrogen-bond donors (Lipinski definition) is 0. The van der Waals surface area contributed by atoms with Crippen molar-refractivity contribution < 1.29 is 19.1 Å². The minimum absolute atomic E-state index is 0.0255. The molecule has 2 aromatic carbocycles. The standard InChI is InChI=1S/C36H49N3O4S/c1-4-5-6-7-8-14-35(41)43-27-39-32-25-28(15-16-30(32)36(2,3)26-34(39)40)42-23-10-9-18-37-19-21-38(22-20-37)31-12-11-13-33-29(31)17-24-44-33/h11-13,15-17,24-25H,4-10,14,18-23,26-27H2,1-3H3. The Balaban J connectivity index is 1.07. The van der Waals surface area contributed by atoms with Gasteiger partial charge in [0.15, 0.2) is 6.73 Å². The lowest BCUT2D eigenvalue weighted by atomic mass is 9.77. The molecular formula is C36H49N3O4S. The maximum atomic E-state index is 13.1. The Hall–Kier alpha value is -3.10. The molecule has 1 amide bonds. The second kappa shape index (κ2) is 15.3. The zero-order chi connectivity index (χ0) is 30.9. The van der Waals surface area contributed by atoms with E-state index in [0.717, 1.165) is 81.8 Å². The van der Waals surface area contributed by atoms with E-state index in [0.29, 0.717) is 19.4 Å². The summed E-state index contributed by atoms with van der Waals surface area (Å²) >= 11 is 1.81. The van der Waals surface area contributed by atoms with Gasteiger partial charge in [0.2, 0.25) is 5.91 Å². The molecule has 0 bridgehead atoms. The van der Waals surface area contributed by atoms with Gasteiger partial charge in [-0.25, -0.2) is 0 Å². The molecule has 0 N–H and O–H groups in total. The zero-order valence-electron chi connectivity index (χ0n) is 26.8. The van der Waals surface area contributed by atoms with Crippen LogP contribution in [-0.4, -0.2) is 62.8 Å². The molecule has 0 aliphatic carbocycles. The van der Waals surface area contributed by atoms with Crippen molar-refractivity contribution in [1.29, 1.82) is 0 Å². The third-order valence-corrected chi connectivity index (χ3v) is 9.93. The van der Waals surface area contributed by atoms with E-state index in [1.807, 2.05) is 23.5 Å². The van der Waals surface area contributed by atoms with Gasteiger partial charge in [0, 0.05) is 66.3 Å². The van der Waals surface area contributed by atoms with Crippen LogP contribution in [0.4, 0.5) is 11.4 Å². The highest BCUT2D eigenvalue weighted by Gasteiger charge is 2.37. The molecule has 0 unspecified atom stereocenters. The van der Waals surface area contributed by atoms with Crippen molar-refractivity contribution in [3.05, 3.63) is 53.4 Å². The molecule has 0 radical (unpaired) electrons. The average Bonchev–Trinajstić information content (AvgIpc) is 3.50. The quantitative estimate of drug-likeness (QED) is 0.128. The first kappa shape index (κ1) is 32.3. The highest BCUT2D eigenvalue weighted by atomic mass is 32.1. The second-order valence-corrected chi connectivity index (χ2v) is 13.8. The summed E-state index contributed by atoms with van der Waals surface area (Å²) in [6, 6.07) is 14.9. The molecule has 238 valence electrons. The molecule has 0 spiro atoms. The average molecular weight is 620 g/mol. The number of thiophene rings is 1. The molecular weight excluding hydrogens is 570 g/mol. The molecule has 2 aliphatic rings. The van der Waals surface area contributed by atoms with Crippen molar-refractivity contribution in [1.82, 2.24) is 4.90 Å². The number of anilines is 2. The van der Waals surface area contributed by atoms with Gasteiger partial charge in [-0.1, -0.05) is 58.6 Å². The van der Waals surface area contributed by atoms with Crippen molar-refractivity contribution in [2.75, 3.05) is 55.9 Å². The van der Waals surface area contributed by atoms with Crippen LogP contribution in [0.25, 0.3) is 10.1 Å². The fourth-order valence-electron chi connectivity index (χ4n) is 6.42. The van der Waals surface area contributed by atoms with Gasteiger partial charge >= 0.3 is 5.97 Å². The first-order chi connectivity index (χ1) is 21.4. The number of ether oxygens (including phenoxy) is 2. The lowest BCUT2D eigenvalue weighted by Crippen LogP contribution is -2.46. The topological polar surface area (TPSA) is 62.3 Å². The number of fused-ring (bicyclic) bond motifs is 2. The number of benzene rings is 2. The Bertz CT molecular complexity index is 1400. The molecule has 2 aliphatic heterocycles. The Morgan fingerprint density at radius 3 is 2.57 bits per heavy atom. The number of unbranched alkanes of at least 4 members (excludes halogenated alkanes) is 5. The van der Waals surface area contributed by atoms with Crippen LogP contribution in [0.3, 0.4) is 0 Å². The normalized spacial score (nSPS) is 16.8. The van der Waals surface area contributed by atoms with Crippen molar-refractivity contribution >= 4 is 44.7 Å². The number of nitrogens with zero attached hydrogens (tertiary/aromatic N) is 3. The predicted octanol–water partition coefficient (Wildman–Crippen LogP) is 7.76. The van der Waals surface area contributed by atoms with Gasteiger partial charge in [-0.2, -0.15) is 0 Å². The van der Waals surface area contributed by atoms with Crippen LogP contribution >= 0.6 is 11.3 Å². The van der Waals surface area contributed by atoms with Crippen molar-refractivity contribution in [3.63, 3.8) is 0 Å². The second-order valence-electron chi connectivity index (χ2n) is 12.9. The van der Waals surface area contributed by atoms with Crippen LogP contribution in [-0.2, 0) is 19.7 Å². The number of carbonyl (C=O) groups is 2. The first-order valence-corrected chi connectivity index (χ1v) is 17.4. The van der Waals surface area contributed by atoms with E-state index < -0.39 is 0 Å². The summed E-state index contributed by atoms with van der Waals surface area (Å²) in [6.07, 6.45) is 8.21. The van der Waals surface area contributed by atoms with E-state index in [9.17, 15) is 9.59 Å². The van der Waals surface area contributed by atoms with Crippen LogP contribution in [0.5, 0.6) is 5.75 Å². The molecule has 44 heavy (non-hydrogen) atoms. The van der Waals surface area contributed by atoms with Gasteiger partial charge in [-0.05, 0) is 61.0 Å². The van der Waals surface area contributed by atoms with Gasteiger partial charge in [0.1, 0.15) is 5.75 Å². The highest BCUT2D eigenvalue weighted by molar-refractivity contribution is 7.17. The van der Waals surface area contributed by atoms with Crippen LogP contribution in [0.2, 0.25) is 0 Å². The van der Waals surface area contributed by atoms with Crippen LogP contribution in [0, 0.1) is 0 Å². The summed E-state index contributed by atoms with van der Waals surface area (Å²) in [6.45, 7) is 12.3. The number of esters is 1. The number of hydrogen-bond acceptors (Lipinski definition) is 7. The third kappa shape index (κ3) is 8.13. The van der Waals surface area contributed by atoms with Crippen LogP contribution < -0.4 is 14.5 Å². The molecule has 0 atom stereocenters. The molecule has 1 fully saturated rings. The van der Waals surface area contributed by atoms with Crippen LogP contribution in [0.15, 0.2) is 47.8 Å². The maximum absolute atomic E-state index is 13.1. The Morgan fingerprint density at radius 1 is 0.932 bits per heavy atom. The monoisotopic (exact) mass is 619 g/mol. The lowest BCUT2D eigenvalue weighted by Gasteiger charge is -2.38. The van der Waals surface area contributed by atoms with Gasteiger partial charge < -0.3 is 14.4 Å². The fourth-order valence-corrected chi connectivity index (χ4v) is 7.22. The molecule has 8 heteroatoms. The maximum Gasteiger partial charge on any atom is 0.307 e. The number of amides is 1. The summed E-state index contributed by atoms with van der Waals surface area (Å²) in [5.74, 6) is 0.481. The van der Waals surface area contributed by atoms with Crippen molar-refractivity contribution in [2.45, 2.75) is 84.0 Å². The smallest absolute Gasteiger partial charge is 0.307 e. The minimum atomic E-state index is -0.287. The molecule has 3 aromatic rings. The summed E-state index contributed by atoms with van der Waals surface area (Å²) in [5, 5.41) is 3.55. The van der Waals surface area contributed by atoms with E-state index in [1.54, 1.807) is 4.90 Å². The van der Waals surface area contributed by atoms with Gasteiger partial charge in [0.05, 0.1) is 12.3 Å². The summed E-state index contributed by atoms with van der Waals surface area (Å²) in [7, 11) is 0. The van der Waals surface area contributed by atoms with Gasteiger partial charge in [-0.3, -0.25) is 19.4 Å². The van der Waals surface area contributed by atoms with Gasteiger partial charge in [0.25, 0.3) is 0 Å². The molecule has 1 aromatic heterocycles. The van der Waals surface area contributed by atoms with E-state index in [4.69, 9.17) is 9.47 Å². The third-order valence-electron chi connectivity index (χ3n) is 9.05. The fraction of sp³-hybridized carbons (Fsp3) is 0.556. The zero-order valence-corrected chi connectivity index (χ0v) is 27.6. The van der Waals surface area contributed by atoms with E-state index in [2.05, 4.69) is 66.3 Å². The van der Waals surface area contributed by atoms with Gasteiger partial charge in [-0.15, -0.1) is 11.3 Å². The Labute approximate surface area is 267 Å². The Morgan fingerprint density at radius 2 is 1.75 bits per heavy atom. The van der Waals surface area contributed by atoms with E-state index >= 15 is 0 Å². The number of carbonyl (C=O) groups excluding carboxylic acids is 2. The number of rotatable bonds is 15. The minimum Gasteiger partial charge on any atom is -0.494 e. The van der Waals surface area contributed by atoms with E-state index in [1.165, 1.54) is 28.6 Å². The molecule has 7 nitrogen and oxygen atoms in total. The lowest BCUT2D eigenvalue weighted by molar-refractivity contribution is -0.144. The summed E-state index contributed by atoms with van der Waals surface area (Å²) in [5.41, 5.74) is 2.94. The molecule has 3 heterocycles. The molecule has 0 saturated carbocycles. The molecule has 1 saturated heterocycles. The van der Waals surface area contributed by atoms with Crippen LogP contribution in [0.1, 0.15) is 84.1 Å². The van der Waals surface area contributed by atoms with E-state index in [-0.39, 0.29) is 24.0 Å². The predicted molar refractivity (Wildman–Crippen MR) is 181 cm³/mol. The largest absolute Gasteiger partial charge is 0.494 e. The summed E-state index contributed by atoms with van der Waals surface area (Å²) < 4.78 is 13.1.